The molecular formula is C23H23N3O. The van der Waals surface area contributed by atoms with Gasteiger partial charge in [0, 0.05) is 18.8 Å². The summed E-state index contributed by atoms with van der Waals surface area (Å²) in [5, 5.41) is 2.96. The Labute approximate surface area is 159 Å². The number of aromatic nitrogens is 1. The highest BCUT2D eigenvalue weighted by Gasteiger charge is 2.17. The molecule has 1 aliphatic heterocycles. The first kappa shape index (κ1) is 17.3. The second-order valence-electron chi connectivity index (χ2n) is 7.04. The topological polar surface area (TPSA) is 45.2 Å². The van der Waals surface area contributed by atoms with E-state index in [1.165, 1.54) is 11.1 Å². The summed E-state index contributed by atoms with van der Waals surface area (Å²) in [6.45, 7) is 5.89. The zero-order chi connectivity index (χ0) is 18.8. The largest absolute Gasteiger partial charge is 0.366 e. The van der Waals surface area contributed by atoms with Crippen LogP contribution in [0.1, 0.15) is 32.7 Å². The first-order valence-electron chi connectivity index (χ1n) is 9.27. The molecule has 4 heteroatoms. The van der Waals surface area contributed by atoms with Gasteiger partial charge >= 0.3 is 0 Å². The van der Waals surface area contributed by atoms with Crippen LogP contribution in [0.2, 0.25) is 0 Å². The highest BCUT2D eigenvalue weighted by molar-refractivity contribution is 6.03. The Bertz CT molecular complexity index is 979. The third-order valence-corrected chi connectivity index (χ3v) is 5.33. The van der Waals surface area contributed by atoms with Crippen molar-refractivity contribution in [1.29, 1.82) is 0 Å². The fourth-order valence-electron chi connectivity index (χ4n) is 3.50. The van der Waals surface area contributed by atoms with Gasteiger partial charge in [0.25, 0.3) is 5.91 Å². The van der Waals surface area contributed by atoms with Crippen LogP contribution in [0.4, 0.5) is 11.4 Å². The van der Waals surface area contributed by atoms with Crippen molar-refractivity contribution in [3.8, 4) is 0 Å². The first-order chi connectivity index (χ1) is 13.1. The number of fused-ring (bicyclic) bond motifs is 1. The maximum absolute atomic E-state index is 12.5. The van der Waals surface area contributed by atoms with Gasteiger partial charge in [0.2, 0.25) is 0 Å². The molecule has 136 valence electrons. The number of carbonyl (C=O) groups is 1. The molecule has 0 saturated heterocycles. The summed E-state index contributed by atoms with van der Waals surface area (Å²) in [5.41, 5.74) is 7.33. The van der Waals surface area contributed by atoms with Crippen molar-refractivity contribution in [3.63, 3.8) is 0 Å². The summed E-state index contributed by atoms with van der Waals surface area (Å²) in [7, 11) is 0. The number of benzene rings is 2. The van der Waals surface area contributed by atoms with Crippen molar-refractivity contribution in [2.45, 2.75) is 26.8 Å². The minimum atomic E-state index is -0.181. The summed E-state index contributed by atoms with van der Waals surface area (Å²) in [4.78, 5) is 19.3. The number of anilines is 2. The Morgan fingerprint density at radius 2 is 1.81 bits per heavy atom. The van der Waals surface area contributed by atoms with E-state index in [1.54, 1.807) is 12.3 Å². The van der Waals surface area contributed by atoms with Crippen molar-refractivity contribution < 1.29 is 4.79 Å². The normalized spacial score (nSPS) is 13.2. The number of aryl methyl sites for hydroxylation is 1. The molecule has 2 heterocycles. The molecule has 0 bridgehead atoms. The standard InChI is InChI=1S/C23H23N3O/c1-16-6-5-9-21(17(16)2)25-23(27)22-11-10-20(14-24-22)26-13-12-18-7-3-4-8-19(18)15-26/h3-11,14H,12-13,15H2,1-2H3,(H,25,27). The van der Waals surface area contributed by atoms with Gasteiger partial charge in [-0.15, -0.1) is 0 Å². The van der Waals surface area contributed by atoms with Crippen molar-refractivity contribution in [2.75, 3.05) is 16.8 Å². The summed E-state index contributed by atoms with van der Waals surface area (Å²) < 4.78 is 0. The lowest BCUT2D eigenvalue weighted by atomic mass is 10.00. The zero-order valence-electron chi connectivity index (χ0n) is 15.7. The quantitative estimate of drug-likeness (QED) is 0.750. The van der Waals surface area contributed by atoms with E-state index in [1.807, 2.05) is 38.1 Å². The van der Waals surface area contributed by atoms with E-state index in [0.29, 0.717) is 5.69 Å². The molecule has 4 nitrogen and oxygen atoms in total. The van der Waals surface area contributed by atoms with E-state index in [0.717, 1.165) is 42.0 Å². The van der Waals surface area contributed by atoms with E-state index in [-0.39, 0.29) is 5.91 Å². The molecule has 0 spiro atoms. The lowest BCUT2D eigenvalue weighted by Gasteiger charge is -2.30. The van der Waals surface area contributed by atoms with Gasteiger partial charge in [-0.25, -0.2) is 4.98 Å². The summed E-state index contributed by atoms with van der Waals surface area (Å²) in [5.74, 6) is -0.181. The van der Waals surface area contributed by atoms with Crippen molar-refractivity contribution >= 4 is 17.3 Å². The van der Waals surface area contributed by atoms with Crippen LogP contribution in [0.25, 0.3) is 0 Å². The highest BCUT2D eigenvalue weighted by atomic mass is 16.1. The van der Waals surface area contributed by atoms with E-state index in [4.69, 9.17) is 0 Å². The van der Waals surface area contributed by atoms with Gasteiger partial charge in [0.1, 0.15) is 5.69 Å². The Kier molecular flexibility index (Phi) is 4.63. The van der Waals surface area contributed by atoms with E-state index in [9.17, 15) is 4.79 Å². The SMILES string of the molecule is Cc1cccc(NC(=O)c2ccc(N3CCc4ccccc4C3)cn2)c1C. The Hall–Kier alpha value is -3.14. The van der Waals surface area contributed by atoms with E-state index >= 15 is 0 Å². The molecule has 1 aliphatic rings. The summed E-state index contributed by atoms with van der Waals surface area (Å²) in [6.07, 6.45) is 2.83. The number of pyridine rings is 1. The molecule has 0 atom stereocenters. The molecule has 2 aromatic carbocycles. The number of nitrogens with zero attached hydrogens (tertiary/aromatic N) is 2. The lowest BCUT2D eigenvalue weighted by molar-refractivity contribution is 0.102. The first-order valence-corrected chi connectivity index (χ1v) is 9.27. The van der Waals surface area contributed by atoms with Crippen LogP contribution in [0, 0.1) is 13.8 Å². The second-order valence-corrected chi connectivity index (χ2v) is 7.04. The number of carbonyl (C=O) groups excluding carboxylic acids is 1. The number of nitrogens with one attached hydrogen (secondary N) is 1. The van der Waals surface area contributed by atoms with Gasteiger partial charge in [0.15, 0.2) is 0 Å². The predicted octanol–water partition coefficient (Wildman–Crippen LogP) is 4.51. The van der Waals surface area contributed by atoms with Gasteiger partial charge in [0.05, 0.1) is 11.9 Å². The van der Waals surface area contributed by atoms with Gasteiger partial charge < -0.3 is 10.2 Å². The molecule has 1 N–H and O–H groups in total. The Morgan fingerprint density at radius 3 is 2.59 bits per heavy atom. The highest BCUT2D eigenvalue weighted by Crippen LogP contribution is 2.24. The number of amides is 1. The van der Waals surface area contributed by atoms with Crippen LogP contribution in [0.15, 0.2) is 60.8 Å². The molecular weight excluding hydrogens is 334 g/mol. The number of rotatable bonds is 3. The average molecular weight is 357 g/mol. The van der Waals surface area contributed by atoms with Crippen LogP contribution < -0.4 is 10.2 Å². The zero-order valence-corrected chi connectivity index (χ0v) is 15.7. The summed E-state index contributed by atoms with van der Waals surface area (Å²) >= 11 is 0. The van der Waals surface area contributed by atoms with Crippen LogP contribution in [-0.4, -0.2) is 17.4 Å². The van der Waals surface area contributed by atoms with Gasteiger partial charge in [-0.05, 0) is 60.7 Å². The average Bonchev–Trinajstić information content (AvgIpc) is 2.71. The third-order valence-electron chi connectivity index (χ3n) is 5.33. The van der Waals surface area contributed by atoms with Crippen molar-refractivity contribution in [3.05, 3.63) is 88.7 Å². The fraction of sp³-hybridized carbons (Fsp3) is 0.217. The van der Waals surface area contributed by atoms with Crippen molar-refractivity contribution in [2.24, 2.45) is 0 Å². The monoisotopic (exact) mass is 357 g/mol. The Morgan fingerprint density at radius 1 is 1.00 bits per heavy atom. The lowest BCUT2D eigenvalue weighted by Crippen LogP contribution is -2.30. The molecule has 0 radical (unpaired) electrons. The molecule has 0 fully saturated rings. The maximum atomic E-state index is 12.5. The molecule has 4 rings (SSSR count). The summed E-state index contributed by atoms with van der Waals surface area (Å²) in [6, 6.07) is 18.2. The van der Waals surface area contributed by atoms with Gasteiger partial charge in [-0.1, -0.05) is 36.4 Å². The molecule has 1 aromatic heterocycles. The van der Waals surface area contributed by atoms with Crippen molar-refractivity contribution in [1.82, 2.24) is 4.98 Å². The fourth-order valence-corrected chi connectivity index (χ4v) is 3.50. The number of hydrogen-bond donors (Lipinski definition) is 1. The Balaban J connectivity index is 1.48. The smallest absolute Gasteiger partial charge is 0.274 e. The van der Waals surface area contributed by atoms with Crippen LogP contribution in [0.3, 0.4) is 0 Å². The second kappa shape index (κ2) is 7.23. The van der Waals surface area contributed by atoms with E-state index < -0.39 is 0 Å². The maximum Gasteiger partial charge on any atom is 0.274 e. The van der Waals surface area contributed by atoms with Crippen LogP contribution in [0.5, 0.6) is 0 Å². The van der Waals surface area contributed by atoms with Crippen LogP contribution >= 0.6 is 0 Å². The minimum absolute atomic E-state index is 0.181. The third kappa shape index (κ3) is 3.56. The van der Waals surface area contributed by atoms with Gasteiger partial charge in [-0.2, -0.15) is 0 Å². The molecule has 0 unspecified atom stereocenters. The van der Waals surface area contributed by atoms with E-state index in [2.05, 4.69) is 39.5 Å². The molecule has 27 heavy (non-hydrogen) atoms. The molecule has 0 saturated carbocycles. The minimum Gasteiger partial charge on any atom is -0.366 e. The molecule has 0 aliphatic carbocycles. The molecule has 3 aromatic rings. The predicted molar refractivity (Wildman–Crippen MR) is 109 cm³/mol. The van der Waals surface area contributed by atoms with Gasteiger partial charge in [-0.3, -0.25) is 4.79 Å². The molecule has 1 amide bonds. The van der Waals surface area contributed by atoms with Crippen LogP contribution in [-0.2, 0) is 13.0 Å². The number of hydrogen-bond acceptors (Lipinski definition) is 3.